The van der Waals surface area contributed by atoms with Crippen molar-refractivity contribution in [3.8, 4) is 0 Å². The molecule has 0 unspecified atom stereocenters. The van der Waals surface area contributed by atoms with E-state index in [-0.39, 0.29) is 18.4 Å². The Morgan fingerprint density at radius 3 is 2.22 bits per heavy atom. The van der Waals surface area contributed by atoms with Crippen LogP contribution in [-0.2, 0) is 6.18 Å². The second-order valence-corrected chi connectivity index (χ2v) is 5.92. The first-order chi connectivity index (χ1) is 10.5. The van der Waals surface area contributed by atoms with Crippen LogP contribution in [0.15, 0.2) is 24.3 Å². The summed E-state index contributed by atoms with van der Waals surface area (Å²) in [6.07, 6.45) is 0.196. The predicted octanol–water partition coefficient (Wildman–Crippen LogP) is 4.65. The average Bonchev–Trinajstić information content (AvgIpc) is 2.52. The van der Waals surface area contributed by atoms with Gasteiger partial charge in [0.2, 0.25) is 0 Å². The normalized spacial score (nSPS) is 17.6. The molecule has 0 saturated carbocycles. The van der Waals surface area contributed by atoms with Gasteiger partial charge in [-0.3, -0.25) is 4.90 Å². The van der Waals surface area contributed by atoms with E-state index in [4.69, 9.17) is 0 Å². The lowest BCUT2D eigenvalue weighted by atomic mass is 9.97. The molecule has 0 bridgehead atoms. The van der Waals surface area contributed by atoms with E-state index in [0.717, 1.165) is 51.0 Å². The number of nitrogens with one attached hydrogen (secondary N) is 1. The first kappa shape index (κ1) is 20.3. The SMILES string of the molecule is CCCCC[C@H](c1ccc(C(F)(F)F)cc1)N1CCNCC1.Cl. The molecule has 1 saturated heterocycles. The molecule has 2 nitrogen and oxygen atoms in total. The van der Waals surface area contributed by atoms with Crippen molar-refractivity contribution in [1.82, 2.24) is 10.2 Å². The molecule has 23 heavy (non-hydrogen) atoms. The molecule has 1 aliphatic heterocycles. The van der Waals surface area contributed by atoms with Gasteiger partial charge in [-0.25, -0.2) is 0 Å². The van der Waals surface area contributed by atoms with Gasteiger partial charge in [-0.2, -0.15) is 13.2 Å². The maximum atomic E-state index is 12.7. The van der Waals surface area contributed by atoms with E-state index in [2.05, 4.69) is 17.1 Å². The summed E-state index contributed by atoms with van der Waals surface area (Å²) in [5.74, 6) is 0. The fourth-order valence-electron chi connectivity index (χ4n) is 3.04. The molecule has 1 N–H and O–H groups in total. The van der Waals surface area contributed by atoms with E-state index in [1.54, 1.807) is 12.1 Å². The Hall–Kier alpha value is -0.780. The van der Waals surface area contributed by atoms with Crippen LogP contribution >= 0.6 is 12.4 Å². The minimum absolute atomic E-state index is 0. The predicted molar refractivity (Wildman–Crippen MR) is 90.0 cm³/mol. The minimum Gasteiger partial charge on any atom is -0.314 e. The van der Waals surface area contributed by atoms with Crippen LogP contribution in [0.1, 0.15) is 49.8 Å². The van der Waals surface area contributed by atoms with Crippen molar-refractivity contribution in [3.63, 3.8) is 0 Å². The topological polar surface area (TPSA) is 15.3 Å². The lowest BCUT2D eigenvalue weighted by Gasteiger charge is -2.35. The Labute approximate surface area is 142 Å². The standard InChI is InChI=1S/C17H25F3N2.ClH/c1-2-3-4-5-16(22-12-10-21-11-13-22)14-6-8-15(9-7-14)17(18,19)20;/h6-9,16,21H,2-5,10-13H2,1H3;1H/t16-;/m1./s1. The summed E-state index contributed by atoms with van der Waals surface area (Å²) >= 11 is 0. The maximum absolute atomic E-state index is 12.7. The molecule has 0 aromatic heterocycles. The Morgan fingerprint density at radius 2 is 1.70 bits per heavy atom. The Kier molecular flexibility index (Phi) is 8.37. The molecule has 2 rings (SSSR count). The molecular weight excluding hydrogens is 325 g/mol. The molecule has 0 spiro atoms. The van der Waals surface area contributed by atoms with Gasteiger partial charge in [0.1, 0.15) is 0 Å². The summed E-state index contributed by atoms with van der Waals surface area (Å²) in [5, 5.41) is 3.33. The third kappa shape index (κ3) is 5.98. The maximum Gasteiger partial charge on any atom is 0.416 e. The molecule has 1 aromatic rings. The van der Waals surface area contributed by atoms with E-state index in [0.29, 0.717) is 0 Å². The molecule has 132 valence electrons. The van der Waals surface area contributed by atoms with Crippen LogP contribution in [0.5, 0.6) is 0 Å². The molecule has 1 atom stereocenters. The first-order valence-corrected chi connectivity index (χ1v) is 8.14. The molecule has 0 radical (unpaired) electrons. The summed E-state index contributed by atoms with van der Waals surface area (Å²) in [6.45, 7) is 5.98. The van der Waals surface area contributed by atoms with Gasteiger partial charge < -0.3 is 5.32 Å². The zero-order valence-electron chi connectivity index (χ0n) is 13.5. The van der Waals surface area contributed by atoms with Gasteiger partial charge >= 0.3 is 6.18 Å². The van der Waals surface area contributed by atoms with Crippen LogP contribution in [0.2, 0.25) is 0 Å². The van der Waals surface area contributed by atoms with E-state index in [9.17, 15) is 13.2 Å². The quantitative estimate of drug-likeness (QED) is 0.751. The number of halogens is 4. The number of alkyl halides is 3. The van der Waals surface area contributed by atoms with E-state index >= 15 is 0 Å². The molecule has 6 heteroatoms. The fourth-order valence-corrected chi connectivity index (χ4v) is 3.04. The van der Waals surface area contributed by atoms with Crippen LogP contribution in [-0.4, -0.2) is 31.1 Å². The molecule has 1 heterocycles. The number of hydrogen-bond donors (Lipinski definition) is 1. The monoisotopic (exact) mass is 350 g/mol. The largest absolute Gasteiger partial charge is 0.416 e. The van der Waals surface area contributed by atoms with Gasteiger partial charge in [-0.05, 0) is 24.1 Å². The number of benzene rings is 1. The van der Waals surface area contributed by atoms with Gasteiger partial charge in [-0.1, -0.05) is 38.3 Å². The van der Waals surface area contributed by atoms with Crippen molar-refractivity contribution in [2.75, 3.05) is 26.2 Å². The summed E-state index contributed by atoms with van der Waals surface area (Å²) in [4.78, 5) is 2.40. The number of rotatable bonds is 6. The highest BCUT2D eigenvalue weighted by atomic mass is 35.5. The van der Waals surface area contributed by atoms with Crippen LogP contribution in [0, 0.1) is 0 Å². The van der Waals surface area contributed by atoms with Gasteiger partial charge in [0, 0.05) is 32.2 Å². The average molecular weight is 351 g/mol. The first-order valence-electron chi connectivity index (χ1n) is 8.14. The van der Waals surface area contributed by atoms with Crippen molar-refractivity contribution >= 4 is 12.4 Å². The van der Waals surface area contributed by atoms with Gasteiger partial charge in [0.15, 0.2) is 0 Å². The highest BCUT2D eigenvalue weighted by molar-refractivity contribution is 5.85. The highest BCUT2D eigenvalue weighted by Crippen LogP contribution is 2.32. The fraction of sp³-hybridized carbons (Fsp3) is 0.647. The number of unbranched alkanes of at least 4 members (excludes halogenated alkanes) is 2. The van der Waals surface area contributed by atoms with Gasteiger partial charge in [-0.15, -0.1) is 12.4 Å². The lowest BCUT2D eigenvalue weighted by Crippen LogP contribution is -2.45. The Bertz CT molecular complexity index is 442. The Morgan fingerprint density at radius 1 is 1.09 bits per heavy atom. The summed E-state index contributed by atoms with van der Waals surface area (Å²) in [5.41, 5.74) is 0.440. The van der Waals surface area contributed by atoms with Crippen LogP contribution in [0.4, 0.5) is 13.2 Å². The number of hydrogen-bond acceptors (Lipinski definition) is 2. The summed E-state index contributed by atoms with van der Waals surface area (Å²) in [6, 6.07) is 5.97. The minimum atomic E-state index is -4.26. The van der Waals surface area contributed by atoms with E-state index < -0.39 is 11.7 Å². The third-order valence-electron chi connectivity index (χ3n) is 4.30. The summed E-state index contributed by atoms with van der Waals surface area (Å²) < 4.78 is 38.1. The van der Waals surface area contributed by atoms with Gasteiger partial charge in [0.05, 0.1) is 5.56 Å². The zero-order chi connectivity index (χ0) is 16.0. The van der Waals surface area contributed by atoms with Crippen LogP contribution in [0.3, 0.4) is 0 Å². The van der Waals surface area contributed by atoms with Crippen LogP contribution < -0.4 is 5.32 Å². The van der Waals surface area contributed by atoms with Crippen molar-refractivity contribution in [2.45, 2.75) is 44.8 Å². The van der Waals surface area contributed by atoms with Crippen molar-refractivity contribution in [1.29, 1.82) is 0 Å². The third-order valence-corrected chi connectivity index (χ3v) is 4.30. The van der Waals surface area contributed by atoms with Crippen molar-refractivity contribution < 1.29 is 13.2 Å². The second-order valence-electron chi connectivity index (χ2n) is 5.92. The van der Waals surface area contributed by atoms with Crippen molar-refractivity contribution in [2.24, 2.45) is 0 Å². The van der Waals surface area contributed by atoms with Gasteiger partial charge in [0.25, 0.3) is 0 Å². The van der Waals surface area contributed by atoms with E-state index in [1.807, 2.05) is 0 Å². The molecule has 1 aliphatic rings. The number of nitrogens with zero attached hydrogens (tertiary/aromatic N) is 1. The smallest absolute Gasteiger partial charge is 0.314 e. The Balaban J connectivity index is 0.00000264. The van der Waals surface area contributed by atoms with Crippen LogP contribution in [0.25, 0.3) is 0 Å². The molecule has 1 aromatic carbocycles. The zero-order valence-corrected chi connectivity index (χ0v) is 14.3. The van der Waals surface area contributed by atoms with E-state index in [1.165, 1.54) is 18.6 Å². The highest BCUT2D eigenvalue weighted by Gasteiger charge is 2.30. The second kappa shape index (κ2) is 9.50. The summed E-state index contributed by atoms with van der Waals surface area (Å²) in [7, 11) is 0. The van der Waals surface area contributed by atoms with Crippen molar-refractivity contribution in [3.05, 3.63) is 35.4 Å². The lowest BCUT2D eigenvalue weighted by molar-refractivity contribution is -0.137. The number of piperazine rings is 1. The molecule has 1 fully saturated rings. The molecule has 0 amide bonds. The molecular formula is C17H26ClF3N2. The molecule has 0 aliphatic carbocycles.